The van der Waals surface area contributed by atoms with Crippen molar-refractivity contribution in [1.29, 1.82) is 0 Å². The van der Waals surface area contributed by atoms with E-state index in [1.807, 2.05) is 6.92 Å². The Balaban J connectivity index is 2.33. The second-order valence-electron chi connectivity index (χ2n) is 3.83. The monoisotopic (exact) mass is 322 g/mol. The number of hydrogen-bond acceptors (Lipinski definition) is 4. The van der Waals surface area contributed by atoms with E-state index < -0.39 is 4.92 Å². The Morgan fingerprint density at radius 1 is 1.37 bits per heavy atom. The highest BCUT2D eigenvalue weighted by Crippen LogP contribution is 2.31. The molecule has 5 nitrogen and oxygen atoms in total. The number of ether oxygens (including phenoxy) is 1. The van der Waals surface area contributed by atoms with Gasteiger partial charge in [0.2, 0.25) is 11.6 Å². The van der Waals surface area contributed by atoms with Crippen LogP contribution in [0, 0.1) is 10.1 Å². The molecule has 0 aliphatic rings. The quantitative estimate of drug-likeness (QED) is 0.627. The lowest BCUT2D eigenvalue weighted by Gasteiger charge is -2.06. The van der Waals surface area contributed by atoms with E-state index in [1.54, 1.807) is 30.5 Å². The lowest BCUT2D eigenvalue weighted by Crippen LogP contribution is -1.96. The van der Waals surface area contributed by atoms with Crippen molar-refractivity contribution in [2.24, 2.45) is 0 Å². The van der Waals surface area contributed by atoms with Crippen molar-refractivity contribution in [3.05, 3.63) is 56.7 Å². The summed E-state index contributed by atoms with van der Waals surface area (Å²) in [6, 6.07) is 8.33. The van der Waals surface area contributed by atoms with Crippen molar-refractivity contribution in [1.82, 2.24) is 4.98 Å². The summed E-state index contributed by atoms with van der Waals surface area (Å²) in [6.07, 6.45) is 2.30. The number of nitrogens with zero attached hydrogens (tertiary/aromatic N) is 2. The van der Waals surface area contributed by atoms with E-state index in [2.05, 4.69) is 20.9 Å². The van der Waals surface area contributed by atoms with E-state index in [-0.39, 0.29) is 11.4 Å². The van der Waals surface area contributed by atoms with Gasteiger partial charge in [0.05, 0.1) is 4.92 Å². The van der Waals surface area contributed by atoms with Crippen molar-refractivity contribution in [3.8, 4) is 11.6 Å². The molecule has 0 saturated heterocycles. The van der Waals surface area contributed by atoms with Crippen LogP contribution >= 0.6 is 15.9 Å². The molecular formula is C13H11BrN2O3. The predicted molar refractivity (Wildman–Crippen MR) is 74.5 cm³/mol. The number of nitro groups is 1. The van der Waals surface area contributed by atoms with Crippen molar-refractivity contribution in [2.45, 2.75) is 13.3 Å². The largest absolute Gasteiger partial charge is 0.432 e. The summed E-state index contributed by atoms with van der Waals surface area (Å²) in [6.45, 7) is 1.94. The average molecular weight is 323 g/mol. The third-order valence-electron chi connectivity index (χ3n) is 2.54. The molecule has 0 spiro atoms. The van der Waals surface area contributed by atoms with Crippen LogP contribution in [0.3, 0.4) is 0 Å². The third-order valence-corrected chi connectivity index (χ3v) is 3.01. The number of aryl methyl sites for hydroxylation is 1. The molecule has 0 N–H and O–H groups in total. The molecule has 1 heterocycles. The number of rotatable bonds is 4. The molecule has 1 aromatic carbocycles. The topological polar surface area (TPSA) is 65.3 Å². The van der Waals surface area contributed by atoms with Gasteiger partial charge in [-0.3, -0.25) is 10.1 Å². The Hall–Kier alpha value is -1.95. The summed E-state index contributed by atoms with van der Waals surface area (Å²) >= 11 is 3.26. The molecule has 0 atom stereocenters. The highest BCUT2D eigenvalue weighted by Gasteiger charge is 2.16. The van der Waals surface area contributed by atoms with Crippen LogP contribution in [0.1, 0.15) is 12.5 Å². The summed E-state index contributed by atoms with van der Waals surface area (Å²) < 4.78 is 6.27. The molecule has 19 heavy (non-hydrogen) atoms. The molecule has 0 amide bonds. The zero-order valence-corrected chi connectivity index (χ0v) is 11.8. The number of halogens is 1. The fourth-order valence-corrected chi connectivity index (χ4v) is 1.78. The van der Waals surface area contributed by atoms with Crippen LogP contribution in [0.5, 0.6) is 11.6 Å². The lowest BCUT2D eigenvalue weighted by atomic mass is 10.1. The first-order valence-corrected chi connectivity index (χ1v) is 6.46. The maximum absolute atomic E-state index is 11.0. The third kappa shape index (κ3) is 3.29. The highest BCUT2D eigenvalue weighted by molar-refractivity contribution is 9.10. The van der Waals surface area contributed by atoms with E-state index in [0.717, 1.165) is 16.5 Å². The van der Waals surface area contributed by atoms with Crippen LogP contribution < -0.4 is 4.74 Å². The van der Waals surface area contributed by atoms with Crippen LogP contribution in [0.2, 0.25) is 0 Å². The van der Waals surface area contributed by atoms with Gasteiger partial charge in [-0.25, -0.2) is 4.98 Å². The summed E-state index contributed by atoms with van der Waals surface area (Å²) in [5.41, 5.74) is 0.840. The van der Waals surface area contributed by atoms with Gasteiger partial charge in [-0.15, -0.1) is 0 Å². The number of hydrogen-bond donors (Lipinski definition) is 0. The zero-order chi connectivity index (χ0) is 13.8. The Labute approximate surface area is 118 Å². The van der Waals surface area contributed by atoms with E-state index >= 15 is 0 Å². The van der Waals surface area contributed by atoms with Crippen molar-refractivity contribution in [3.63, 3.8) is 0 Å². The molecule has 2 rings (SSSR count). The fraction of sp³-hybridized carbons (Fsp3) is 0.154. The SMILES string of the molecule is CCc1ccc(Oc2ccc(Br)cn2)c([N+](=O)[O-])c1. The number of benzene rings is 1. The van der Waals surface area contributed by atoms with E-state index in [0.29, 0.717) is 5.88 Å². The summed E-state index contributed by atoms with van der Waals surface area (Å²) in [4.78, 5) is 14.6. The molecule has 98 valence electrons. The van der Waals surface area contributed by atoms with Gasteiger partial charge >= 0.3 is 5.69 Å². The number of aromatic nitrogens is 1. The molecule has 2 aromatic rings. The molecule has 0 radical (unpaired) electrons. The smallest absolute Gasteiger partial charge is 0.311 e. The van der Waals surface area contributed by atoms with Crippen molar-refractivity contribution >= 4 is 21.6 Å². The van der Waals surface area contributed by atoms with Gasteiger partial charge in [0.15, 0.2) is 0 Å². The maximum atomic E-state index is 11.0. The second-order valence-corrected chi connectivity index (χ2v) is 4.75. The second kappa shape index (κ2) is 5.79. The van der Waals surface area contributed by atoms with Crippen LogP contribution in [-0.4, -0.2) is 9.91 Å². The van der Waals surface area contributed by atoms with Gasteiger partial charge in [0.25, 0.3) is 0 Å². The summed E-state index contributed by atoms with van der Waals surface area (Å²) in [5, 5.41) is 11.0. The number of pyridine rings is 1. The van der Waals surface area contributed by atoms with Gasteiger partial charge in [0, 0.05) is 22.8 Å². The van der Waals surface area contributed by atoms with Crippen LogP contribution in [0.15, 0.2) is 41.0 Å². The molecule has 0 bridgehead atoms. The minimum atomic E-state index is -0.451. The lowest BCUT2D eigenvalue weighted by molar-refractivity contribution is -0.385. The summed E-state index contributed by atoms with van der Waals surface area (Å²) in [7, 11) is 0. The molecular weight excluding hydrogens is 312 g/mol. The molecule has 0 aliphatic carbocycles. The standard InChI is InChI=1S/C13H11BrN2O3/c1-2-9-3-5-12(11(7-9)16(17)18)19-13-6-4-10(14)8-15-13/h3-8H,2H2,1H3. The predicted octanol–water partition coefficient (Wildman–Crippen LogP) is 4.11. The average Bonchev–Trinajstić information content (AvgIpc) is 2.41. The summed E-state index contributed by atoms with van der Waals surface area (Å²) in [5.74, 6) is 0.507. The molecule has 1 aromatic heterocycles. The van der Waals surface area contributed by atoms with E-state index in [1.165, 1.54) is 6.07 Å². The van der Waals surface area contributed by atoms with Crippen LogP contribution in [0.4, 0.5) is 5.69 Å². The Morgan fingerprint density at radius 3 is 2.74 bits per heavy atom. The maximum Gasteiger partial charge on any atom is 0.311 e. The minimum Gasteiger partial charge on any atom is -0.432 e. The zero-order valence-electron chi connectivity index (χ0n) is 10.2. The van der Waals surface area contributed by atoms with Gasteiger partial charge in [0.1, 0.15) is 0 Å². The van der Waals surface area contributed by atoms with Crippen molar-refractivity contribution in [2.75, 3.05) is 0 Å². The first kappa shape index (κ1) is 13.5. The molecule has 6 heteroatoms. The Morgan fingerprint density at radius 2 is 2.16 bits per heavy atom. The van der Waals surface area contributed by atoms with Gasteiger partial charge < -0.3 is 4.74 Å². The van der Waals surface area contributed by atoms with E-state index in [9.17, 15) is 10.1 Å². The fourth-order valence-electron chi connectivity index (χ4n) is 1.55. The van der Waals surface area contributed by atoms with Crippen LogP contribution in [-0.2, 0) is 6.42 Å². The first-order chi connectivity index (χ1) is 9.10. The molecule has 0 unspecified atom stereocenters. The molecule has 0 aliphatic heterocycles. The minimum absolute atomic E-state index is 0.0518. The Bertz CT molecular complexity index is 599. The van der Waals surface area contributed by atoms with Gasteiger partial charge in [-0.05, 0) is 40.0 Å². The van der Waals surface area contributed by atoms with Gasteiger partial charge in [-0.2, -0.15) is 0 Å². The number of nitro benzene ring substituents is 1. The Kier molecular flexibility index (Phi) is 4.11. The van der Waals surface area contributed by atoms with E-state index in [4.69, 9.17) is 4.74 Å². The molecule has 0 fully saturated rings. The van der Waals surface area contributed by atoms with Crippen LogP contribution in [0.25, 0.3) is 0 Å². The normalized spacial score (nSPS) is 10.2. The van der Waals surface area contributed by atoms with Crippen molar-refractivity contribution < 1.29 is 9.66 Å². The molecule has 0 saturated carbocycles. The first-order valence-electron chi connectivity index (χ1n) is 5.67. The highest BCUT2D eigenvalue weighted by atomic mass is 79.9. The van der Waals surface area contributed by atoms with Gasteiger partial charge in [-0.1, -0.05) is 13.0 Å².